The van der Waals surface area contributed by atoms with Gasteiger partial charge in [0.1, 0.15) is 11.5 Å². The number of thioether (sulfide) groups is 2. The molecule has 0 radical (unpaired) electrons. The molecule has 2 aliphatic rings. The van der Waals surface area contributed by atoms with E-state index in [1.54, 1.807) is 6.07 Å². The third kappa shape index (κ3) is 2.32. The van der Waals surface area contributed by atoms with E-state index in [0.29, 0.717) is 10.00 Å². The van der Waals surface area contributed by atoms with E-state index in [4.69, 9.17) is 0 Å². The molecule has 2 nitrogen and oxygen atoms in total. The van der Waals surface area contributed by atoms with E-state index in [1.165, 1.54) is 30.4 Å². The largest absolute Gasteiger partial charge is 0.508 e. The molecule has 0 aromatic heterocycles. The van der Waals surface area contributed by atoms with Crippen molar-refractivity contribution in [3.05, 3.63) is 23.8 Å². The molecule has 0 bridgehead atoms. The van der Waals surface area contributed by atoms with Crippen LogP contribution in [0.15, 0.2) is 18.2 Å². The fourth-order valence-corrected chi connectivity index (χ4v) is 6.32. The van der Waals surface area contributed by atoms with Gasteiger partial charge in [0.05, 0.1) is 4.08 Å². The summed E-state index contributed by atoms with van der Waals surface area (Å²) in [6.45, 7) is 0. The molecule has 2 fully saturated rings. The Balaban J connectivity index is 1.72. The zero-order valence-corrected chi connectivity index (χ0v) is 11.9. The summed E-state index contributed by atoms with van der Waals surface area (Å²) in [7, 11) is 0. The van der Waals surface area contributed by atoms with Gasteiger partial charge < -0.3 is 10.2 Å². The predicted molar refractivity (Wildman–Crippen MR) is 78.6 cm³/mol. The van der Waals surface area contributed by atoms with Gasteiger partial charge in [0.15, 0.2) is 0 Å². The summed E-state index contributed by atoms with van der Waals surface area (Å²) in [5.74, 6) is 3.44. The maximum Gasteiger partial charge on any atom is 0.122 e. The van der Waals surface area contributed by atoms with Crippen LogP contribution in [0.25, 0.3) is 0 Å². The molecule has 0 amide bonds. The van der Waals surface area contributed by atoms with Crippen molar-refractivity contribution in [1.29, 1.82) is 0 Å². The van der Waals surface area contributed by atoms with E-state index < -0.39 is 0 Å². The molecule has 18 heavy (non-hydrogen) atoms. The van der Waals surface area contributed by atoms with Gasteiger partial charge in [-0.05, 0) is 43.2 Å². The van der Waals surface area contributed by atoms with Crippen LogP contribution in [0, 0.1) is 0 Å². The molecule has 1 saturated heterocycles. The van der Waals surface area contributed by atoms with Crippen LogP contribution >= 0.6 is 23.5 Å². The Morgan fingerprint density at radius 2 is 1.72 bits per heavy atom. The first-order chi connectivity index (χ1) is 8.69. The van der Waals surface area contributed by atoms with Gasteiger partial charge in [-0.25, -0.2) is 0 Å². The van der Waals surface area contributed by atoms with Gasteiger partial charge in [-0.3, -0.25) is 0 Å². The number of aromatic hydroxyl groups is 2. The first-order valence-electron chi connectivity index (χ1n) is 6.48. The lowest BCUT2D eigenvalue weighted by molar-refractivity contribution is 0.404. The fraction of sp³-hybridized carbons (Fsp3) is 0.571. The topological polar surface area (TPSA) is 40.5 Å². The maximum atomic E-state index is 9.93. The second-order valence-corrected chi connectivity index (χ2v) is 8.34. The minimum absolute atomic E-state index is 0.144. The molecule has 1 aliphatic heterocycles. The van der Waals surface area contributed by atoms with Crippen LogP contribution in [0.2, 0.25) is 0 Å². The van der Waals surface area contributed by atoms with E-state index in [1.807, 2.05) is 6.07 Å². The van der Waals surface area contributed by atoms with Crippen LogP contribution in [0.4, 0.5) is 0 Å². The van der Waals surface area contributed by atoms with Crippen molar-refractivity contribution in [2.45, 2.75) is 35.7 Å². The van der Waals surface area contributed by atoms with Gasteiger partial charge >= 0.3 is 0 Å². The Kier molecular flexibility index (Phi) is 3.41. The van der Waals surface area contributed by atoms with Crippen LogP contribution in [-0.4, -0.2) is 25.8 Å². The summed E-state index contributed by atoms with van der Waals surface area (Å²) in [6, 6.07) is 5.01. The fourth-order valence-electron chi connectivity index (χ4n) is 3.03. The minimum atomic E-state index is 0.144. The van der Waals surface area contributed by atoms with Gasteiger partial charge in [0.25, 0.3) is 0 Å². The van der Waals surface area contributed by atoms with Crippen molar-refractivity contribution >= 4 is 23.5 Å². The molecular weight excluding hydrogens is 264 g/mol. The number of hydrogen-bond donors (Lipinski definition) is 2. The van der Waals surface area contributed by atoms with Crippen molar-refractivity contribution in [1.82, 2.24) is 0 Å². The average molecular weight is 282 g/mol. The molecule has 2 N–H and O–H groups in total. The normalized spacial score (nSPS) is 23.6. The Bertz CT molecular complexity index is 431. The molecule has 1 spiro atoms. The van der Waals surface area contributed by atoms with E-state index in [2.05, 4.69) is 23.5 Å². The molecule has 0 unspecified atom stereocenters. The van der Waals surface area contributed by atoms with Crippen molar-refractivity contribution < 1.29 is 10.2 Å². The average Bonchev–Trinajstić information content (AvgIpc) is 2.80. The summed E-state index contributed by atoms with van der Waals surface area (Å²) < 4.78 is 0.475. The van der Waals surface area contributed by atoms with Gasteiger partial charge in [0.2, 0.25) is 0 Å². The SMILES string of the molecule is Oc1ccc(C2CCC3(CC2)SCCS3)c(O)c1. The molecular formula is C14H18O2S2. The smallest absolute Gasteiger partial charge is 0.122 e. The number of benzene rings is 1. The molecule has 1 aromatic carbocycles. The lowest BCUT2D eigenvalue weighted by Crippen LogP contribution is -2.24. The Hall–Kier alpha value is -0.480. The van der Waals surface area contributed by atoms with Crippen LogP contribution in [0.5, 0.6) is 11.5 Å². The van der Waals surface area contributed by atoms with Crippen LogP contribution in [0.3, 0.4) is 0 Å². The minimum Gasteiger partial charge on any atom is -0.508 e. The van der Waals surface area contributed by atoms with E-state index in [-0.39, 0.29) is 11.5 Å². The lowest BCUT2D eigenvalue weighted by atomic mass is 9.83. The second kappa shape index (κ2) is 4.89. The third-order valence-corrected chi connectivity index (χ3v) is 7.67. The van der Waals surface area contributed by atoms with Crippen LogP contribution < -0.4 is 0 Å². The molecule has 1 aliphatic carbocycles. The van der Waals surface area contributed by atoms with Gasteiger partial charge in [-0.2, -0.15) is 0 Å². The molecule has 98 valence electrons. The summed E-state index contributed by atoms with van der Waals surface area (Å²) in [5, 5.41) is 19.3. The quantitative estimate of drug-likeness (QED) is 0.819. The lowest BCUT2D eigenvalue weighted by Gasteiger charge is -2.36. The zero-order valence-electron chi connectivity index (χ0n) is 10.3. The maximum absolute atomic E-state index is 9.93. The van der Waals surface area contributed by atoms with Gasteiger partial charge in [0, 0.05) is 17.6 Å². The van der Waals surface area contributed by atoms with E-state index in [9.17, 15) is 10.2 Å². The number of rotatable bonds is 1. The van der Waals surface area contributed by atoms with Crippen molar-refractivity contribution in [3.63, 3.8) is 0 Å². The Labute approximate surface area is 116 Å². The molecule has 1 heterocycles. The van der Waals surface area contributed by atoms with Crippen molar-refractivity contribution in [3.8, 4) is 11.5 Å². The molecule has 0 atom stereocenters. The van der Waals surface area contributed by atoms with Crippen LogP contribution in [0.1, 0.15) is 37.2 Å². The van der Waals surface area contributed by atoms with Gasteiger partial charge in [-0.1, -0.05) is 6.07 Å². The highest BCUT2D eigenvalue weighted by Crippen LogP contribution is 2.55. The summed E-state index contributed by atoms with van der Waals surface area (Å²) >= 11 is 4.26. The molecule has 4 heteroatoms. The van der Waals surface area contributed by atoms with Crippen LogP contribution in [-0.2, 0) is 0 Å². The molecule has 3 rings (SSSR count). The highest BCUT2D eigenvalue weighted by molar-refractivity contribution is 8.21. The predicted octanol–water partition coefficient (Wildman–Crippen LogP) is 3.93. The molecule has 1 saturated carbocycles. The highest BCUT2D eigenvalue weighted by Gasteiger charge is 2.39. The molecule has 1 aromatic rings. The second-order valence-electron chi connectivity index (χ2n) is 5.12. The first kappa shape index (κ1) is 12.5. The van der Waals surface area contributed by atoms with E-state index in [0.717, 1.165) is 18.4 Å². The summed E-state index contributed by atoms with van der Waals surface area (Å²) in [5.41, 5.74) is 1.01. The Morgan fingerprint density at radius 3 is 2.33 bits per heavy atom. The summed E-state index contributed by atoms with van der Waals surface area (Å²) in [4.78, 5) is 0. The monoisotopic (exact) mass is 282 g/mol. The third-order valence-electron chi connectivity index (χ3n) is 4.01. The summed E-state index contributed by atoms with van der Waals surface area (Å²) in [6.07, 6.45) is 4.79. The van der Waals surface area contributed by atoms with Crippen molar-refractivity contribution in [2.24, 2.45) is 0 Å². The van der Waals surface area contributed by atoms with Gasteiger partial charge in [-0.15, -0.1) is 23.5 Å². The number of phenolic OH excluding ortho intramolecular Hbond substituents is 2. The number of phenols is 2. The number of hydrogen-bond acceptors (Lipinski definition) is 4. The Morgan fingerprint density at radius 1 is 1.06 bits per heavy atom. The van der Waals surface area contributed by atoms with E-state index >= 15 is 0 Å². The highest BCUT2D eigenvalue weighted by atomic mass is 32.2. The zero-order chi connectivity index (χ0) is 12.6. The standard InChI is InChI=1S/C14H18O2S2/c15-11-1-2-12(13(16)9-11)10-3-5-14(6-4-10)17-7-8-18-14/h1-2,9-10,15-16H,3-8H2. The van der Waals surface area contributed by atoms with Crippen molar-refractivity contribution in [2.75, 3.05) is 11.5 Å². The first-order valence-corrected chi connectivity index (χ1v) is 8.45.